The summed E-state index contributed by atoms with van der Waals surface area (Å²) in [6.45, 7) is 0. The van der Waals surface area contributed by atoms with Crippen molar-refractivity contribution in [3.63, 3.8) is 0 Å². The molecule has 0 fully saturated rings. The van der Waals surface area contributed by atoms with E-state index in [0.29, 0.717) is 9.50 Å². The van der Waals surface area contributed by atoms with Crippen LogP contribution in [0.2, 0.25) is 5.02 Å². The van der Waals surface area contributed by atoms with E-state index < -0.39 is 5.57 Å². The zero-order valence-electron chi connectivity index (χ0n) is 6.03. The number of rotatable bonds is 2. The summed E-state index contributed by atoms with van der Waals surface area (Å²) in [5, 5.41) is 0.414. The first kappa shape index (κ1) is 11.0. The SMILES string of the molecule is FC(F)(Cl)Oc1ccc(Cl)cc1Br. The van der Waals surface area contributed by atoms with Crippen LogP contribution in [0.5, 0.6) is 5.75 Å². The van der Waals surface area contributed by atoms with E-state index in [1.807, 2.05) is 0 Å². The molecule has 0 aliphatic rings. The van der Waals surface area contributed by atoms with Crippen LogP contribution in [0.3, 0.4) is 0 Å². The molecule has 1 rings (SSSR count). The zero-order chi connectivity index (χ0) is 10.1. The van der Waals surface area contributed by atoms with Gasteiger partial charge in [0.1, 0.15) is 5.75 Å². The van der Waals surface area contributed by atoms with Crippen LogP contribution < -0.4 is 4.74 Å². The summed E-state index contributed by atoms with van der Waals surface area (Å²) in [4.78, 5) is 0. The molecule has 0 aromatic heterocycles. The van der Waals surface area contributed by atoms with Crippen LogP contribution in [-0.4, -0.2) is 5.57 Å². The van der Waals surface area contributed by atoms with Gasteiger partial charge < -0.3 is 4.74 Å². The number of alkyl halides is 3. The predicted molar refractivity (Wildman–Crippen MR) is 50.6 cm³/mol. The second kappa shape index (κ2) is 3.98. The molecule has 0 spiro atoms. The monoisotopic (exact) mass is 290 g/mol. The Bertz CT molecular complexity index is 314. The fourth-order valence-corrected chi connectivity index (χ4v) is 1.53. The van der Waals surface area contributed by atoms with Gasteiger partial charge in [0, 0.05) is 16.6 Å². The maximum absolute atomic E-state index is 12.2. The van der Waals surface area contributed by atoms with Gasteiger partial charge in [0.25, 0.3) is 0 Å². The molecule has 0 aliphatic heterocycles. The average molecular weight is 292 g/mol. The van der Waals surface area contributed by atoms with Gasteiger partial charge in [-0.15, -0.1) is 8.78 Å². The van der Waals surface area contributed by atoms with Crippen LogP contribution in [0.25, 0.3) is 0 Å². The van der Waals surface area contributed by atoms with E-state index in [4.69, 9.17) is 11.6 Å². The number of hydrogen-bond donors (Lipinski definition) is 0. The van der Waals surface area contributed by atoms with Gasteiger partial charge in [-0.1, -0.05) is 11.6 Å². The Hall–Kier alpha value is -0.0600. The summed E-state index contributed by atoms with van der Waals surface area (Å²) >= 11 is 13.2. The minimum atomic E-state index is -3.71. The van der Waals surface area contributed by atoms with Crippen LogP contribution >= 0.6 is 39.1 Å². The van der Waals surface area contributed by atoms with Gasteiger partial charge in [0.2, 0.25) is 0 Å². The molecule has 72 valence electrons. The highest BCUT2D eigenvalue weighted by atomic mass is 79.9. The Balaban J connectivity index is 2.90. The van der Waals surface area contributed by atoms with Gasteiger partial charge in [-0.2, -0.15) is 0 Å². The molecule has 0 amide bonds. The fraction of sp³-hybridized carbons (Fsp3) is 0.143. The Labute approximate surface area is 91.7 Å². The maximum Gasteiger partial charge on any atom is 0.487 e. The van der Waals surface area contributed by atoms with Crippen LogP contribution in [0.15, 0.2) is 22.7 Å². The summed E-state index contributed by atoms with van der Waals surface area (Å²) in [6.07, 6.45) is 0. The molecule has 0 atom stereocenters. The van der Waals surface area contributed by atoms with Gasteiger partial charge in [-0.25, -0.2) is 0 Å². The van der Waals surface area contributed by atoms with Crippen molar-refractivity contribution in [2.75, 3.05) is 0 Å². The first-order valence-electron chi connectivity index (χ1n) is 3.09. The summed E-state index contributed by atoms with van der Waals surface area (Å²) in [6, 6.07) is 4.15. The topological polar surface area (TPSA) is 9.23 Å². The van der Waals surface area contributed by atoms with Gasteiger partial charge in [-0.3, -0.25) is 0 Å². The van der Waals surface area contributed by atoms with Crippen molar-refractivity contribution in [2.45, 2.75) is 5.57 Å². The Morgan fingerprint density at radius 3 is 2.46 bits per heavy atom. The molecule has 6 heteroatoms. The first-order valence-corrected chi connectivity index (χ1v) is 4.64. The van der Waals surface area contributed by atoms with Crippen molar-refractivity contribution in [3.8, 4) is 5.75 Å². The molecule has 1 aromatic carbocycles. The summed E-state index contributed by atoms with van der Waals surface area (Å²) in [5.41, 5.74) is -3.71. The largest absolute Gasteiger partial charge is 0.487 e. The lowest BCUT2D eigenvalue weighted by atomic mass is 10.3. The molecule has 0 saturated carbocycles. The lowest BCUT2D eigenvalue weighted by Gasteiger charge is -2.11. The molecular formula is C7H3BrCl2F2O. The van der Waals surface area contributed by atoms with E-state index in [2.05, 4.69) is 32.3 Å². The highest BCUT2D eigenvalue weighted by Crippen LogP contribution is 2.33. The molecular weight excluding hydrogens is 289 g/mol. The van der Waals surface area contributed by atoms with E-state index in [1.54, 1.807) is 0 Å². The van der Waals surface area contributed by atoms with Crippen LogP contribution in [-0.2, 0) is 0 Å². The molecule has 0 heterocycles. The van der Waals surface area contributed by atoms with Crippen LogP contribution in [0.4, 0.5) is 8.78 Å². The third kappa shape index (κ3) is 3.67. The molecule has 0 unspecified atom stereocenters. The molecule has 13 heavy (non-hydrogen) atoms. The Morgan fingerprint density at radius 2 is 2.00 bits per heavy atom. The quantitative estimate of drug-likeness (QED) is 0.740. The second-order valence-corrected chi connectivity index (χ2v) is 3.85. The van der Waals surface area contributed by atoms with Gasteiger partial charge >= 0.3 is 5.57 Å². The van der Waals surface area contributed by atoms with Crippen molar-refractivity contribution in [1.29, 1.82) is 0 Å². The molecule has 0 saturated heterocycles. The number of hydrogen-bond acceptors (Lipinski definition) is 1. The number of ether oxygens (including phenoxy) is 1. The third-order valence-electron chi connectivity index (χ3n) is 1.12. The minimum absolute atomic E-state index is 0.0654. The molecule has 1 nitrogen and oxygen atoms in total. The van der Waals surface area contributed by atoms with E-state index in [1.165, 1.54) is 18.2 Å². The van der Waals surface area contributed by atoms with E-state index in [9.17, 15) is 8.78 Å². The highest BCUT2D eigenvalue weighted by molar-refractivity contribution is 9.10. The third-order valence-corrected chi connectivity index (χ3v) is 2.05. The standard InChI is InChI=1S/C7H3BrCl2F2O/c8-5-3-4(9)1-2-6(5)13-7(10,11)12/h1-3H. The van der Waals surface area contributed by atoms with Crippen LogP contribution in [0.1, 0.15) is 0 Å². The van der Waals surface area contributed by atoms with Gasteiger partial charge in [0.05, 0.1) is 4.47 Å². The lowest BCUT2D eigenvalue weighted by Crippen LogP contribution is -2.15. The van der Waals surface area contributed by atoms with E-state index in [-0.39, 0.29) is 5.75 Å². The molecule has 1 aromatic rings. The van der Waals surface area contributed by atoms with Crippen molar-refractivity contribution in [1.82, 2.24) is 0 Å². The molecule has 0 bridgehead atoms. The zero-order valence-corrected chi connectivity index (χ0v) is 9.13. The summed E-state index contributed by atoms with van der Waals surface area (Å²) < 4.78 is 28.8. The highest BCUT2D eigenvalue weighted by Gasteiger charge is 2.28. The normalized spacial score (nSPS) is 11.5. The lowest BCUT2D eigenvalue weighted by molar-refractivity contribution is -0.0969. The average Bonchev–Trinajstić information content (AvgIpc) is 1.93. The summed E-state index contributed by atoms with van der Waals surface area (Å²) in [5.74, 6) is -0.0654. The van der Waals surface area contributed by atoms with E-state index in [0.717, 1.165) is 0 Å². The molecule has 0 radical (unpaired) electrons. The van der Waals surface area contributed by atoms with Crippen molar-refractivity contribution < 1.29 is 13.5 Å². The fourth-order valence-electron chi connectivity index (χ4n) is 0.683. The van der Waals surface area contributed by atoms with Crippen molar-refractivity contribution in [2.24, 2.45) is 0 Å². The summed E-state index contributed by atoms with van der Waals surface area (Å²) in [7, 11) is 0. The Morgan fingerprint density at radius 1 is 1.38 bits per heavy atom. The minimum Gasteiger partial charge on any atom is -0.419 e. The Kier molecular flexibility index (Phi) is 3.38. The predicted octanol–water partition coefficient (Wildman–Crippen LogP) is 4.27. The number of halogens is 5. The first-order chi connectivity index (χ1) is 5.88. The van der Waals surface area contributed by atoms with Gasteiger partial charge in [-0.05, 0) is 34.1 Å². The molecule has 0 aliphatic carbocycles. The van der Waals surface area contributed by atoms with Crippen molar-refractivity contribution >= 4 is 39.1 Å². The second-order valence-electron chi connectivity index (χ2n) is 2.12. The molecule has 0 N–H and O–H groups in total. The van der Waals surface area contributed by atoms with Crippen LogP contribution in [0, 0.1) is 0 Å². The maximum atomic E-state index is 12.2. The number of benzene rings is 1. The van der Waals surface area contributed by atoms with E-state index >= 15 is 0 Å². The van der Waals surface area contributed by atoms with Gasteiger partial charge in [0.15, 0.2) is 0 Å². The smallest absolute Gasteiger partial charge is 0.419 e. The van der Waals surface area contributed by atoms with Crippen molar-refractivity contribution in [3.05, 3.63) is 27.7 Å².